The average Bonchev–Trinajstić information content (AvgIpc) is 2.45. The quantitative estimate of drug-likeness (QED) is 0.485. The van der Waals surface area contributed by atoms with E-state index in [-0.39, 0.29) is 11.4 Å². The molecule has 0 spiro atoms. The Labute approximate surface area is 114 Å². The Hall–Kier alpha value is -2.70. The highest BCUT2D eigenvalue weighted by molar-refractivity contribution is 5.96. The largest absolute Gasteiger partial charge is 0.496 e. The van der Waals surface area contributed by atoms with Crippen molar-refractivity contribution >= 4 is 22.6 Å². The summed E-state index contributed by atoms with van der Waals surface area (Å²) < 4.78 is 9.81. The van der Waals surface area contributed by atoms with Gasteiger partial charge in [0, 0.05) is 17.5 Å². The number of nitro groups is 1. The number of aryl methyl sites for hydroxylation is 1. The summed E-state index contributed by atoms with van der Waals surface area (Å²) >= 11 is 0. The number of hydrogen-bond donors (Lipinski definition) is 0. The normalized spacial score (nSPS) is 10.3. The number of nitro benzene ring substituents is 1. The van der Waals surface area contributed by atoms with E-state index in [1.807, 2.05) is 0 Å². The van der Waals surface area contributed by atoms with Gasteiger partial charge in [0.15, 0.2) is 5.69 Å². The van der Waals surface area contributed by atoms with Gasteiger partial charge < -0.3 is 9.47 Å². The first-order chi connectivity index (χ1) is 9.49. The van der Waals surface area contributed by atoms with Gasteiger partial charge in [0.1, 0.15) is 5.75 Å². The summed E-state index contributed by atoms with van der Waals surface area (Å²) in [5, 5.41) is 11.6. The molecule has 7 nitrogen and oxygen atoms in total. The zero-order valence-corrected chi connectivity index (χ0v) is 11.2. The molecule has 7 heteroatoms. The minimum absolute atomic E-state index is 0.0421. The fraction of sp³-hybridized carbons (Fsp3) is 0.231. The number of carbonyl (C=O) groups excluding carboxylic acids is 1. The van der Waals surface area contributed by atoms with Crippen LogP contribution >= 0.6 is 0 Å². The second-order valence-corrected chi connectivity index (χ2v) is 4.06. The molecule has 1 aromatic heterocycles. The molecule has 20 heavy (non-hydrogen) atoms. The number of esters is 1. The number of nitrogens with zero attached hydrogens (tertiary/aromatic N) is 2. The lowest BCUT2D eigenvalue weighted by Crippen LogP contribution is -2.06. The first-order valence-corrected chi connectivity index (χ1v) is 5.70. The molecular formula is C13H12N2O5. The van der Waals surface area contributed by atoms with Crippen LogP contribution in [0.4, 0.5) is 5.69 Å². The molecule has 2 aromatic rings. The van der Waals surface area contributed by atoms with Crippen molar-refractivity contribution < 1.29 is 19.2 Å². The minimum atomic E-state index is -0.629. The summed E-state index contributed by atoms with van der Waals surface area (Å²) in [6.45, 7) is 1.58. The maximum Gasteiger partial charge on any atom is 0.356 e. The van der Waals surface area contributed by atoms with Crippen LogP contribution in [0.3, 0.4) is 0 Å². The molecule has 0 amide bonds. The fourth-order valence-corrected chi connectivity index (χ4v) is 1.96. The predicted molar refractivity (Wildman–Crippen MR) is 71.0 cm³/mol. The van der Waals surface area contributed by atoms with Crippen LogP contribution < -0.4 is 4.74 Å². The van der Waals surface area contributed by atoms with E-state index in [4.69, 9.17) is 4.74 Å². The van der Waals surface area contributed by atoms with Crippen molar-refractivity contribution in [1.82, 2.24) is 4.98 Å². The number of fused-ring (bicyclic) bond motifs is 1. The Kier molecular flexibility index (Phi) is 3.51. The maximum atomic E-state index is 11.6. The molecule has 1 aromatic carbocycles. The first-order valence-electron chi connectivity index (χ1n) is 5.70. The predicted octanol–water partition coefficient (Wildman–Crippen LogP) is 2.25. The van der Waals surface area contributed by atoms with Crippen LogP contribution in [0.5, 0.6) is 5.75 Å². The Morgan fingerprint density at radius 2 is 2.05 bits per heavy atom. The van der Waals surface area contributed by atoms with Gasteiger partial charge in [-0.2, -0.15) is 0 Å². The van der Waals surface area contributed by atoms with Gasteiger partial charge in [-0.25, -0.2) is 9.78 Å². The van der Waals surface area contributed by atoms with E-state index in [1.54, 1.807) is 13.0 Å². The van der Waals surface area contributed by atoms with Crippen molar-refractivity contribution in [1.29, 1.82) is 0 Å². The standard InChI is InChI=1S/C13H12N2O5/c1-7-10(15(17)18)5-4-8-11(19-2)6-9(13(16)20-3)14-12(7)8/h4-6H,1-3H3. The van der Waals surface area contributed by atoms with Crippen molar-refractivity contribution in [2.75, 3.05) is 14.2 Å². The van der Waals surface area contributed by atoms with E-state index in [0.717, 1.165) is 0 Å². The smallest absolute Gasteiger partial charge is 0.356 e. The molecule has 0 radical (unpaired) electrons. The molecule has 0 N–H and O–H groups in total. The lowest BCUT2D eigenvalue weighted by molar-refractivity contribution is -0.385. The van der Waals surface area contributed by atoms with E-state index in [9.17, 15) is 14.9 Å². The van der Waals surface area contributed by atoms with Gasteiger partial charge in [-0.15, -0.1) is 0 Å². The molecule has 0 aliphatic carbocycles. The van der Waals surface area contributed by atoms with Crippen LogP contribution in [0.2, 0.25) is 0 Å². The summed E-state index contributed by atoms with van der Waals surface area (Å²) in [6, 6.07) is 4.38. The molecule has 104 valence electrons. The third-order valence-corrected chi connectivity index (χ3v) is 2.98. The fourth-order valence-electron chi connectivity index (χ4n) is 1.96. The highest BCUT2D eigenvalue weighted by Crippen LogP contribution is 2.32. The number of carbonyl (C=O) groups is 1. The zero-order valence-electron chi connectivity index (χ0n) is 11.2. The summed E-state index contributed by atoms with van der Waals surface area (Å²) in [6.07, 6.45) is 0. The molecule has 0 bridgehead atoms. The zero-order chi connectivity index (χ0) is 14.9. The molecular weight excluding hydrogens is 264 g/mol. The van der Waals surface area contributed by atoms with E-state index in [2.05, 4.69) is 9.72 Å². The highest BCUT2D eigenvalue weighted by Gasteiger charge is 2.19. The molecule has 0 aliphatic heterocycles. The topological polar surface area (TPSA) is 91.6 Å². The van der Waals surface area contributed by atoms with E-state index >= 15 is 0 Å². The van der Waals surface area contributed by atoms with Crippen LogP contribution in [-0.4, -0.2) is 30.1 Å². The second kappa shape index (κ2) is 5.12. The molecule has 1 heterocycles. The highest BCUT2D eigenvalue weighted by atomic mass is 16.6. The van der Waals surface area contributed by atoms with Crippen LogP contribution in [0, 0.1) is 17.0 Å². The van der Waals surface area contributed by atoms with Crippen molar-refractivity contribution in [2.45, 2.75) is 6.92 Å². The van der Waals surface area contributed by atoms with E-state index < -0.39 is 10.9 Å². The Bertz CT molecular complexity index is 711. The van der Waals surface area contributed by atoms with Crippen molar-refractivity contribution in [3.63, 3.8) is 0 Å². The maximum absolute atomic E-state index is 11.6. The molecule has 0 atom stereocenters. The van der Waals surface area contributed by atoms with E-state index in [1.165, 1.54) is 26.4 Å². The summed E-state index contributed by atoms with van der Waals surface area (Å²) in [5.41, 5.74) is 0.699. The number of methoxy groups -OCH3 is 2. The monoisotopic (exact) mass is 276 g/mol. The number of benzene rings is 1. The van der Waals surface area contributed by atoms with Crippen LogP contribution in [0.25, 0.3) is 10.9 Å². The Morgan fingerprint density at radius 3 is 2.60 bits per heavy atom. The molecule has 0 saturated carbocycles. The van der Waals surface area contributed by atoms with E-state index in [0.29, 0.717) is 22.2 Å². The number of aromatic nitrogens is 1. The number of rotatable bonds is 3. The minimum Gasteiger partial charge on any atom is -0.496 e. The number of pyridine rings is 1. The van der Waals surface area contributed by atoms with Gasteiger partial charge in [0.2, 0.25) is 0 Å². The van der Waals surface area contributed by atoms with Crippen molar-refractivity contribution in [2.24, 2.45) is 0 Å². The lowest BCUT2D eigenvalue weighted by Gasteiger charge is -2.09. The average molecular weight is 276 g/mol. The molecule has 2 rings (SSSR count). The van der Waals surface area contributed by atoms with Crippen LogP contribution in [-0.2, 0) is 4.74 Å². The molecule has 0 unspecified atom stereocenters. The third kappa shape index (κ3) is 2.13. The summed E-state index contributed by atoms with van der Waals surface area (Å²) in [7, 11) is 2.69. The Balaban J connectivity index is 2.82. The van der Waals surface area contributed by atoms with Crippen molar-refractivity contribution in [3.8, 4) is 5.75 Å². The first kappa shape index (κ1) is 13.7. The van der Waals surface area contributed by atoms with Gasteiger partial charge in [-0.05, 0) is 13.0 Å². The SMILES string of the molecule is COC(=O)c1cc(OC)c2ccc([N+](=O)[O-])c(C)c2n1. The summed E-state index contributed by atoms with van der Waals surface area (Å²) in [4.78, 5) is 26.2. The second-order valence-electron chi connectivity index (χ2n) is 4.06. The Morgan fingerprint density at radius 1 is 1.35 bits per heavy atom. The molecule has 0 fully saturated rings. The van der Waals surface area contributed by atoms with Gasteiger partial charge in [0.25, 0.3) is 5.69 Å². The van der Waals surface area contributed by atoms with Gasteiger partial charge in [0.05, 0.1) is 30.2 Å². The molecule has 0 saturated heterocycles. The molecule has 0 aliphatic rings. The van der Waals surface area contributed by atoms with Crippen LogP contribution in [0.1, 0.15) is 16.1 Å². The number of hydrogen-bond acceptors (Lipinski definition) is 6. The van der Waals surface area contributed by atoms with Crippen LogP contribution in [0.15, 0.2) is 18.2 Å². The third-order valence-electron chi connectivity index (χ3n) is 2.98. The lowest BCUT2D eigenvalue weighted by atomic mass is 10.1. The van der Waals surface area contributed by atoms with Gasteiger partial charge in [-0.1, -0.05) is 0 Å². The van der Waals surface area contributed by atoms with Crippen molar-refractivity contribution in [3.05, 3.63) is 39.6 Å². The van der Waals surface area contributed by atoms with Gasteiger partial charge >= 0.3 is 5.97 Å². The van der Waals surface area contributed by atoms with Gasteiger partial charge in [-0.3, -0.25) is 10.1 Å². The number of ether oxygens (including phenoxy) is 2. The summed E-state index contributed by atoms with van der Waals surface area (Å²) in [5.74, 6) is -0.218.